The first-order valence-electron chi connectivity index (χ1n) is 7.83. The predicted octanol–water partition coefficient (Wildman–Crippen LogP) is 2.89. The van der Waals surface area contributed by atoms with E-state index < -0.39 is 10.0 Å². The second kappa shape index (κ2) is 6.64. The molecule has 0 spiro atoms. The molecule has 2 aromatic carbocycles. The van der Waals surface area contributed by atoms with Gasteiger partial charge in [0.25, 0.3) is 10.0 Å². The van der Waals surface area contributed by atoms with E-state index in [0.717, 1.165) is 16.8 Å². The Morgan fingerprint density at radius 2 is 1.80 bits per heavy atom. The van der Waals surface area contributed by atoms with Crippen molar-refractivity contribution in [2.45, 2.75) is 31.6 Å². The van der Waals surface area contributed by atoms with Crippen LogP contribution in [0.5, 0.6) is 0 Å². The molecule has 0 amide bonds. The van der Waals surface area contributed by atoms with E-state index in [1.54, 1.807) is 30.3 Å². The van der Waals surface area contributed by atoms with Crippen molar-refractivity contribution in [1.82, 2.24) is 20.2 Å². The van der Waals surface area contributed by atoms with Gasteiger partial charge in [0.2, 0.25) is 0 Å². The van der Waals surface area contributed by atoms with Crippen LogP contribution in [0.25, 0.3) is 5.69 Å². The van der Waals surface area contributed by atoms with Gasteiger partial charge < -0.3 is 0 Å². The molecule has 7 nitrogen and oxygen atoms in total. The van der Waals surface area contributed by atoms with Gasteiger partial charge in [0.05, 0.1) is 10.6 Å². The SMILES string of the molecule is Cc1cc(NS(=O)(=O)c2ccc(C(C)C)cc2)ccc1-n1cnnn1. The van der Waals surface area contributed by atoms with Gasteiger partial charge in [-0.15, -0.1) is 5.10 Å². The molecule has 0 aliphatic heterocycles. The topological polar surface area (TPSA) is 89.8 Å². The number of tetrazole rings is 1. The quantitative estimate of drug-likeness (QED) is 0.758. The van der Waals surface area contributed by atoms with Crippen LogP contribution in [0, 0.1) is 6.92 Å². The minimum atomic E-state index is -3.64. The number of benzene rings is 2. The van der Waals surface area contributed by atoms with Crippen molar-refractivity contribution < 1.29 is 8.42 Å². The predicted molar refractivity (Wildman–Crippen MR) is 95.2 cm³/mol. The van der Waals surface area contributed by atoms with E-state index in [1.165, 1.54) is 11.0 Å². The summed E-state index contributed by atoms with van der Waals surface area (Å²) in [5, 5.41) is 11.0. The molecule has 0 fully saturated rings. The molecule has 0 radical (unpaired) electrons. The summed E-state index contributed by atoms with van der Waals surface area (Å²) in [6.45, 7) is 6.00. The molecule has 130 valence electrons. The van der Waals surface area contributed by atoms with Crippen molar-refractivity contribution in [1.29, 1.82) is 0 Å². The van der Waals surface area contributed by atoms with Crippen molar-refractivity contribution in [2.75, 3.05) is 4.72 Å². The molecule has 0 aliphatic rings. The lowest BCUT2D eigenvalue weighted by Crippen LogP contribution is -2.13. The molecule has 25 heavy (non-hydrogen) atoms. The lowest BCUT2D eigenvalue weighted by atomic mass is 10.0. The van der Waals surface area contributed by atoms with E-state index in [2.05, 4.69) is 34.1 Å². The molecule has 3 rings (SSSR count). The van der Waals surface area contributed by atoms with Crippen LogP contribution in [-0.4, -0.2) is 28.6 Å². The summed E-state index contributed by atoms with van der Waals surface area (Å²) in [6, 6.07) is 12.1. The van der Waals surface area contributed by atoms with E-state index in [-0.39, 0.29) is 4.90 Å². The molecule has 0 unspecified atom stereocenters. The van der Waals surface area contributed by atoms with Crippen LogP contribution in [0.3, 0.4) is 0 Å². The van der Waals surface area contributed by atoms with Crippen LogP contribution < -0.4 is 4.72 Å². The van der Waals surface area contributed by atoms with Gasteiger partial charge in [-0.1, -0.05) is 26.0 Å². The fourth-order valence-corrected chi connectivity index (χ4v) is 3.54. The first kappa shape index (κ1) is 17.1. The van der Waals surface area contributed by atoms with Crippen molar-refractivity contribution in [3.8, 4) is 5.69 Å². The number of hydrogen-bond acceptors (Lipinski definition) is 5. The highest BCUT2D eigenvalue weighted by Gasteiger charge is 2.15. The van der Waals surface area contributed by atoms with Crippen molar-refractivity contribution in [3.63, 3.8) is 0 Å². The molecule has 8 heteroatoms. The zero-order chi connectivity index (χ0) is 18.0. The molecule has 0 saturated carbocycles. The summed E-state index contributed by atoms with van der Waals surface area (Å²) in [6.07, 6.45) is 1.49. The fraction of sp³-hybridized carbons (Fsp3) is 0.235. The second-order valence-electron chi connectivity index (χ2n) is 6.08. The van der Waals surface area contributed by atoms with Crippen LogP contribution in [0.4, 0.5) is 5.69 Å². The highest BCUT2D eigenvalue weighted by atomic mass is 32.2. The number of nitrogens with zero attached hydrogens (tertiary/aromatic N) is 4. The summed E-state index contributed by atoms with van der Waals surface area (Å²) >= 11 is 0. The van der Waals surface area contributed by atoms with Crippen LogP contribution in [-0.2, 0) is 10.0 Å². The number of rotatable bonds is 5. The Bertz CT molecular complexity index is 965. The van der Waals surface area contributed by atoms with Gasteiger partial charge in [-0.3, -0.25) is 4.72 Å². The first-order valence-corrected chi connectivity index (χ1v) is 9.32. The van der Waals surface area contributed by atoms with Gasteiger partial charge >= 0.3 is 0 Å². The molecule has 1 N–H and O–H groups in total. The van der Waals surface area contributed by atoms with E-state index in [0.29, 0.717) is 11.6 Å². The lowest BCUT2D eigenvalue weighted by molar-refractivity contribution is 0.601. The molecule has 1 aromatic heterocycles. The van der Waals surface area contributed by atoms with Gasteiger partial charge in [0, 0.05) is 5.69 Å². The van der Waals surface area contributed by atoms with E-state index >= 15 is 0 Å². The van der Waals surface area contributed by atoms with E-state index in [9.17, 15) is 8.42 Å². The Morgan fingerprint density at radius 1 is 1.08 bits per heavy atom. The van der Waals surface area contributed by atoms with Crippen LogP contribution in [0.2, 0.25) is 0 Å². The summed E-state index contributed by atoms with van der Waals surface area (Å²) in [5.41, 5.74) is 3.22. The molecular formula is C17H19N5O2S. The molecule has 3 aromatic rings. The van der Waals surface area contributed by atoms with Gasteiger partial charge in [0.1, 0.15) is 6.33 Å². The van der Waals surface area contributed by atoms with Crippen molar-refractivity contribution in [2.24, 2.45) is 0 Å². The Morgan fingerprint density at radius 3 is 2.36 bits per heavy atom. The maximum Gasteiger partial charge on any atom is 0.261 e. The van der Waals surface area contributed by atoms with Crippen LogP contribution >= 0.6 is 0 Å². The summed E-state index contributed by atoms with van der Waals surface area (Å²) in [4.78, 5) is 0.235. The maximum atomic E-state index is 12.6. The van der Waals surface area contributed by atoms with E-state index in [4.69, 9.17) is 0 Å². The molecule has 0 saturated heterocycles. The van der Waals surface area contributed by atoms with Crippen molar-refractivity contribution >= 4 is 15.7 Å². The van der Waals surface area contributed by atoms with E-state index in [1.807, 2.05) is 19.1 Å². The highest BCUT2D eigenvalue weighted by molar-refractivity contribution is 7.92. The number of sulfonamides is 1. The smallest absolute Gasteiger partial charge is 0.261 e. The average molecular weight is 357 g/mol. The molecule has 0 atom stereocenters. The third kappa shape index (κ3) is 3.69. The monoisotopic (exact) mass is 357 g/mol. The second-order valence-corrected chi connectivity index (χ2v) is 7.77. The minimum Gasteiger partial charge on any atom is -0.280 e. The third-order valence-corrected chi connectivity index (χ3v) is 5.30. The number of aromatic nitrogens is 4. The fourth-order valence-electron chi connectivity index (χ4n) is 2.49. The first-order chi connectivity index (χ1) is 11.9. The average Bonchev–Trinajstić information content (AvgIpc) is 3.09. The standard InChI is InChI=1S/C17H19N5O2S/c1-12(2)14-4-7-16(8-5-14)25(23,24)19-15-6-9-17(13(3)10-15)22-11-18-20-21-22/h4-12,19H,1-3H3. The Hall–Kier alpha value is -2.74. The molecule has 1 heterocycles. The molecule has 0 bridgehead atoms. The highest BCUT2D eigenvalue weighted by Crippen LogP contribution is 2.22. The summed E-state index contributed by atoms with van der Waals surface area (Å²) in [5.74, 6) is 0.353. The molecular weight excluding hydrogens is 338 g/mol. The van der Waals surface area contributed by atoms with Crippen LogP contribution in [0.15, 0.2) is 53.7 Å². The number of aryl methyl sites for hydroxylation is 1. The Balaban J connectivity index is 1.84. The number of hydrogen-bond donors (Lipinski definition) is 1. The minimum absolute atomic E-state index is 0.235. The summed E-state index contributed by atoms with van der Waals surface area (Å²) in [7, 11) is -3.64. The largest absolute Gasteiger partial charge is 0.280 e. The summed E-state index contributed by atoms with van der Waals surface area (Å²) < 4.78 is 29.3. The maximum absolute atomic E-state index is 12.6. The Kier molecular flexibility index (Phi) is 4.54. The van der Waals surface area contributed by atoms with Crippen molar-refractivity contribution in [3.05, 3.63) is 59.9 Å². The van der Waals surface area contributed by atoms with Crippen LogP contribution in [0.1, 0.15) is 30.9 Å². The van der Waals surface area contributed by atoms with Gasteiger partial charge in [-0.05, 0) is 64.7 Å². The number of anilines is 1. The zero-order valence-electron chi connectivity index (χ0n) is 14.2. The normalized spacial score (nSPS) is 11.7. The zero-order valence-corrected chi connectivity index (χ0v) is 15.0. The third-order valence-electron chi connectivity index (χ3n) is 3.90. The van der Waals surface area contributed by atoms with Gasteiger partial charge in [0.15, 0.2) is 0 Å². The lowest BCUT2D eigenvalue weighted by Gasteiger charge is -2.12. The molecule has 0 aliphatic carbocycles. The Labute approximate surface area is 146 Å². The number of nitrogens with one attached hydrogen (secondary N) is 1. The van der Waals surface area contributed by atoms with Gasteiger partial charge in [-0.25, -0.2) is 13.1 Å². The van der Waals surface area contributed by atoms with Gasteiger partial charge in [-0.2, -0.15) is 0 Å².